The summed E-state index contributed by atoms with van der Waals surface area (Å²) in [6.07, 6.45) is -19.6. The fourth-order valence-corrected chi connectivity index (χ4v) is 1.07. The van der Waals surface area contributed by atoms with Crippen LogP contribution in [-0.2, 0) is 64.2 Å². The molecule has 0 aromatic carbocycles. The molecule has 0 saturated heterocycles. The molecule has 0 amide bonds. The quantitative estimate of drug-likeness (QED) is 0.158. The first-order valence-electron chi connectivity index (χ1n) is 9.21. The average Bonchev–Trinajstić information content (AvgIpc) is 2.64. The van der Waals surface area contributed by atoms with E-state index in [2.05, 4.69) is 0 Å². The van der Waals surface area contributed by atoms with E-state index in [1.54, 1.807) is 0 Å². The number of rotatable bonds is 8. The molecule has 0 fully saturated rings. The van der Waals surface area contributed by atoms with E-state index in [4.69, 9.17) is 0 Å². The molecule has 0 atom stereocenters. The molecule has 0 bridgehead atoms. The number of halogens is 12. The van der Waals surface area contributed by atoms with Crippen LogP contribution in [0, 0.1) is 25.7 Å². The maximum atomic E-state index is 11.3. The zero-order chi connectivity index (χ0) is 33.4. The second-order valence-electron chi connectivity index (χ2n) is 6.47. The Hall–Kier alpha value is -3.13. The maximum absolute atomic E-state index is 11.3. The van der Waals surface area contributed by atoms with Crippen LogP contribution < -0.4 is 0 Å². The van der Waals surface area contributed by atoms with Gasteiger partial charge in [-0.1, -0.05) is 0 Å². The predicted molar refractivity (Wildman–Crippen MR) is 104 cm³/mol. The zero-order valence-electron chi connectivity index (χ0n) is 20.6. The van der Waals surface area contributed by atoms with Crippen molar-refractivity contribution in [3.05, 3.63) is 25.7 Å². The Balaban J connectivity index is -0.000000139. The number of ketones is 8. The van der Waals surface area contributed by atoms with Gasteiger partial charge < -0.3 is 38.4 Å². The van der Waals surface area contributed by atoms with Crippen LogP contribution in [0.25, 0.3) is 0 Å². The van der Waals surface area contributed by atoms with Gasteiger partial charge in [-0.15, -0.1) is 0 Å². The first-order valence-corrected chi connectivity index (χ1v) is 9.21. The van der Waals surface area contributed by atoms with Crippen molar-refractivity contribution in [1.82, 2.24) is 0 Å². The summed E-state index contributed by atoms with van der Waals surface area (Å²) < 4.78 is 135. The summed E-state index contributed by atoms with van der Waals surface area (Å²) in [5.74, 6) is -12.0. The third-order valence-corrected chi connectivity index (χ3v) is 2.45. The Morgan fingerprint density at radius 3 is 0.463 bits per heavy atom. The van der Waals surface area contributed by atoms with Crippen molar-refractivity contribution in [3.8, 4) is 0 Å². The third kappa shape index (κ3) is 33.0. The molecule has 0 aliphatic carbocycles. The number of Topliss-reactive ketones (excluding diaryl/α,β-unsaturated/α-hetero) is 8. The van der Waals surface area contributed by atoms with Gasteiger partial charge in [0.2, 0.25) is 0 Å². The fraction of sp³-hybridized carbons (Fsp3) is 0.400. The van der Waals surface area contributed by atoms with Gasteiger partial charge in [0.25, 0.3) is 0 Å². The molecule has 0 saturated carbocycles. The van der Waals surface area contributed by atoms with Crippen LogP contribution in [-0.4, -0.2) is 71.0 Å². The second kappa shape index (κ2) is 19.9. The minimum absolute atomic E-state index is 0. The molecular formula is C20H16F12HfO8. The van der Waals surface area contributed by atoms with E-state index in [1.165, 1.54) is 0 Å². The molecular weight excluding hydrogens is 775 g/mol. The van der Waals surface area contributed by atoms with Crippen molar-refractivity contribution in [2.75, 3.05) is 0 Å². The monoisotopic (exact) mass is 792 g/mol. The number of hydrogen-bond acceptors (Lipinski definition) is 8. The number of carbonyl (C=O) groups excluding carboxylic acids is 8. The van der Waals surface area contributed by atoms with Crippen molar-refractivity contribution in [3.63, 3.8) is 0 Å². The summed E-state index contributed by atoms with van der Waals surface area (Å²) in [6.45, 7) is 3.51. The molecule has 0 aliphatic rings. The Labute approximate surface area is 241 Å². The molecule has 0 unspecified atom stereocenters. The van der Waals surface area contributed by atoms with Gasteiger partial charge in [0.1, 0.15) is 23.1 Å². The minimum Gasteiger partial charge on any atom is -0.334 e. The van der Waals surface area contributed by atoms with E-state index in [1.807, 2.05) is 0 Å². The zero-order valence-corrected chi connectivity index (χ0v) is 24.2. The molecule has 232 valence electrons. The van der Waals surface area contributed by atoms with Gasteiger partial charge in [-0.3, -0.25) is 25.7 Å². The van der Waals surface area contributed by atoms with E-state index in [0.717, 1.165) is 27.7 Å². The summed E-state index contributed by atoms with van der Waals surface area (Å²) >= 11 is 0. The van der Waals surface area contributed by atoms with E-state index < -0.39 is 71.0 Å². The van der Waals surface area contributed by atoms with Gasteiger partial charge in [-0.05, 0) is 27.7 Å². The normalized spacial score (nSPS) is 10.5. The molecule has 0 aliphatic heterocycles. The molecule has 8 nitrogen and oxygen atoms in total. The van der Waals surface area contributed by atoms with Crippen LogP contribution in [0.5, 0.6) is 0 Å². The SMILES string of the molecule is CC(=O)[CH-]C(=O)C(F)(F)F.CC(=O)[CH-]C(=O)C(F)(F)F.CC(=O)[CH-]C(=O)C(F)(F)F.CC(=O)[CH-]C(=O)C(F)(F)F.[Hf+4]. The van der Waals surface area contributed by atoms with Crippen LogP contribution in [0.1, 0.15) is 27.7 Å². The summed E-state index contributed by atoms with van der Waals surface area (Å²) in [5, 5.41) is 0. The molecule has 21 heteroatoms. The van der Waals surface area contributed by atoms with Crippen LogP contribution in [0.3, 0.4) is 0 Å². The van der Waals surface area contributed by atoms with Gasteiger partial charge in [-0.25, -0.2) is 0 Å². The fourth-order valence-electron chi connectivity index (χ4n) is 1.07. The second-order valence-corrected chi connectivity index (χ2v) is 6.47. The molecule has 0 N–H and O–H groups in total. The molecule has 0 aromatic heterocycles. The third-order valence-electron chi connectivity index (χ3n) is 2.45. The number of hydrogen-bond donors (Lipinski definition) is 0. The van der Waals surface area contributed by atoms with Crippen LogP contribution in [0.15, 0.2) is 0 Å². The number of carbonyl (C=O) groups is 8. The molecule has 0 spiro atoms. The van der Waals surface area contributed by atoms with Gasteiger partial charge in [0, 0.05) is 23.1 Å². The predicted octanol–water partition coefficient (Wildman–Crippen LogP) is 3.64. The van der Waals surface area contributed by atoms with Crippen LogP contribution >= 0.6 is 0 Å². The Morgan fingerprint density at radius 1 is 0.341 bits per heavy atom. The van der Waals surface area contributed by atoms with E-state index >= 15 is 0 Å². The van der Waals surface area contributed by atoms with Crippen molar-refractivity contribution >= 4 is 46.3 Å². The maximum Gasteiger partial charge on any atom is 4.00 e. The van der Waals surface area contributed by atoms with Gasteiger partial charge >= 0.3 is 50.5 Å². The molecule has 41 heavy (non-hydrogen) atoms. The van der Waals surface area contributed by atoms with Crippen LogP contribution in [0.2, 0.25) is 0 Å². The summed E-state index contributed by atoms with van der Waals surface area (Å²) in [6, 6.07) is 0. The molecule has 0 radical (unpaired) electrons. The number of alkyl halides is 12. The van der Waals surface area contributed by atoms with Crippen molar-refractivity contribution in [1.29, 1.82) is 0 Å². The Bertz CT molecular complexity index is 794. The van der Waals surface area contributed by atoms with E-state index in [0.29, 0.717) is 0 Å². The van der Waals surface area contributed by atoms with E-state index in [-0.39, 0.29) is 51.5 Å². The first kappa shape index (κ1) is 47.6. The molecule has 0 aromatic rings. The van der Waals surface area contributed by atoms with Gasteiger partial charge in [0.15, 0.2) is 0 Å². The molecule has 0 rings (SSSR count). The Morgan fingerprint density at radius 2 is 0.439 bits per heavy atom. The summed E-state index contributed by atoms with van der Waals surface area (Å²) in [7, 11) is 0. The van der Waals surface area contributed by atoms with Crippen molar-refractivity contribution in [2.24, 2.45) is 0 Å². The Kier molecular flexibility index (Phi) is 23.1. The van der Waals surface area contributed by atoms with Crippen LogP contribution in [0.4, 0.5) is 52.7 Å². The van der Waals surface area contributed by atoms with Gasteiger partial charge in [-0.2, -0.15) is 52.7 Å². The summed E-state index contributed by atoms with van der Waals surface area (Å²) in [5.41, 5.74) is 0. The van der Waals surface area contributed by atoms with Gasteiger partial charge in [0.05, 0.1) is 0 Å². The van der Waals surface area contributed by atoms with E-state index in [9.17, 15) is 91.0 Å². The van der Waals surface area contributed by atoms with Crippen molar-refractivity contribution in [2.45, 2.75) is 52.4 Å². The largest absolute Gasteiger partial charge is 4.00 e. The average molecular weight is 791 g/mol. The minimum atomic E-state index is -4.92. The standard InChI is InChI=1S/4C5H4F3O2.Hf/c4*1-3(9)2-4(10)5(6,7)8;/h4*2H,1H3;/q4*-1;+4. The van der Waals surface area contributed by atoms with Crippen molar-refractivity contribution < 1.29 is 117 Å². The first-order chi connectivity index (χ1) is 17.3. The topological polar surface area (TPSA) is 137 Å². The summed E-state index contributed by atoms with van der Waals surface area (Å²) in [4.78, 5) is 79.2. The smallest absolute Gasteiger partial charge is 0.334 e. The molecule has 0 heterocycles.